The van der Waals surface area contributed by atoms with Gasteiger partial charge in [0.25, 0.3) is 0 Å². The zero-order chi connectivity index (χ0) is 21.7. The van der Waals surface area contributed by atoms with Crippen LogP contribution in [0.2, 0.25) is 0 Å². The Bertz CT molecular complexity index is 874. The molecule has 30 heavy (non-hydrogen) atoms. The third-order valence-electron chi connectivity index (χ3n) is 6.38. The van der Waals surface area contributed by atoms with Crippen LogP contribution in [-0.2, 0) is 10.8 Å². The van der Waals surface area contributed by atoms with Gasteiger partial charge in [-0.15, -0.1) is 10.2 Å². The summed E-state index contributed by atoms with van der Waals surface area (Å²) < 4.78 is 2.39. The molecule has 1 aromatic carbocycles. The van der Waals surface area contributed by atoms with E-state index in [2.05, 4.69) is 63.3 Å². The number of nitrogens with zero attached hydrogens (tertiary/aromatic N) is 3. The summed E-state index contributed by atoms with van der Waals surface area (Å²) in [4.78, 5) is 0. The van der Waals surface area contributed by atoms with Crippen molar-refractivity contribution in [1.29, 1.82) is 0 Å². The van der Waals surface area contributed by atoms with Crippen molar-refractivity contribution in [2.45, 2.75) is 114 Å². The molecule has 164 valence electrons. The summed E-state index contributed by atoms with van der Waals surface area (Å²) in [5.41, 5.74) is 2.75. The van der Waals surface area contributed by atoms with E-state index in [-0.39, 0.29) is 10.8 Å². The quantitative estimate of drug-likeness (QED) is 0.570. The Morgan fingerprint density at radius 1 is 0.867 bits per heavy atom. The van der Waals surface area contributed by atoms with Crippen molar-refractivity contribution in [3.63, 3.8) is 0 Å². The number of phenols is 1. The van der Waals surface area contributed by atoms with Crippen LogP contribution in [0.3, 0.4) is 0 Å². The Labute approximate surface area is 185 Å². The highest BCUT2D eigenvalue weighted by atomic mass is 32.2. The third-order valence-corrected chi connectivity index (χ3v) is 7.68. The van der Waals surface area contributed by atoms with Crippen LogP contribution >= 0.6 is 11.8 Å². The summed E-state index contributed by atoms with van der Waals surface area (Å²) >= 11 is 1.94. The maximum atomic E-state index is 11.1. The minimum absolute atomic E-state index is 0.149. The number of thioether (sulfide) groups is 1. The molecule has 1 aromatic heterocycles. The second kappa shape index (κ2) is 7.89. The first-order valence-corrected chi connectivity index (χ1v) is 12.4. The molecule has 0 unspecified atom stereocenters. The van der Waals surface area contributed by atoms with Crippen molar-refractivity contribution in [3.8, 4) is 17.1 Å². The van der Waals surface area contributed by atoms with Crippen LogP contribution in [-0.4, -0.2) is 25.1 Å². The molecule has 5 heteroatoms. The molecule has 4 rings (SSSR count). The number of aromatic nitrogens is 3. The van der Waals surface area contributed by atoms with Crippen molar-refractivity contribution in [1.82, 2.24) is 14.8 Å². The van der Waals surface area contributed by atoms with E-state index in [1.165, 1.54) is 44.9 Å². The van der Waals surface area contributed by atoms with E-state index in [0.717, 1.165) is 27.7 Å². The number of rotatable bonds is 4. The second-order valence-electron chi connectivity index (χ2n) is 11.2. The van der Waals surface area contributed by atoms with Crippen LogP contribution in [0, 0.1) is 0 Å². The molecular formula is C25H37N3OS. The van der Waals surface area contributed by atoms with E-state index in [1.807, 2.05) is 11.8 Å². The van der Waals surface area contributed by atoms with E-state index in [0.29, 0.717) is 17.0 Å². The largest absolute Gasteiger partial charge is 0.507 e. The monoisotopic (exact) mass is 427 g/mol. The van der Waals surface area contributed by atoms with Crippen LogP contribution in [0.4, 0.5) is 0 Å². The lowest BCUT2D eigenvalue weighted by atomic mass is 9.78. The zero-order valence-electron chi connectivity index (χ0n) is 19.5. The number of hydrogen-bond acceptors (Lipinski definition) is 4. The van der Waals surface area contributed by atoms with Gasteiger partial charge in [0.15, 0.2) is 11.0 Å². The van der Waals surface area contributed by atoms with Gasteiger partial charge in [0.1, 0.15) is 5.75 Å². The molecule has 2 aliphatic rings. The van der Waals surface area contributed by atoms with E-state index >= 15 is 0 Å². The first-order valence-electron chi connectivity index (χ1n) is 11.6. The molecular weight excluding hydrogens is 390 g/mol. The van der Waals surface area contributed by atoms with Gasteiger partial charge in [0, 0.05) is 28.0 Å². The van der Waals surface area contributed by atoms with Crippen molar-refractivity contribution in [2.75, 3.05) is 0 Å². The highest BCUT2D eigenvalue weighted by Crippen LogP contribution is 2.46. The average Bonchev–Trinajstić information content (AvgIpc) is 3.41. The van der Waals surface area contributed by atoms with Crippen LogP contribution in [0.5, 0.6) is 5.75 Å². The lowest BCUT2D eigenvalue weighted by molar-refractivity contribution is 0.423. The van der Waals surface area contributed by atoms with E-state index in [4.69, 9.17) is 5.10 Å². The van der Waals surface area contributed by atoms with Gasteiger partial charge < -0.3 is 5.11 Å². The number of phenolic OH excluding ortho intramolecular Hbond substituents is 1. The first-order chi connectivity index (χ1) is 14.1. The summed E-state index contributed by atoms with van der Waals surface area (Å²) in [7, 11) is 0. The Hall–Kier alpha value is -1.49. The average molecular weight is 428 g/mol. The summed E-state index contributed by atoms with van der Waals surface area (Å²) in [6.45, 7) is 13.0. The van der Waals surface area contributed by atoms with Crippen LogP contribution in [0.15, 0.2) is 17.3 Å². The molecule has 0 radical (unpaired) electrons. The predicted octanol–water partition coefficient (Wildman–Crippen LogP) is 7.01. The lowest BCUT2D eigenvalue weighted by Crippen LogP contribution is -2.17. The summed E-state index contributed by atoms with van der Waals surface area (Å²) in [6.07, 6.45) is 9.04. The van der Waals surface area contributed by atoms with Gasteiger partial charge in [0.2, 0.25) is 0 Å². The maximum absolute atomic E-state index is 11.1. The minimum Gasteiger partial charge on any atom is -0.507 e. The smallest absolute Gasteiger partial charge is 0.192 e. The third kappa shape index (κ3) is 4.42. The fourth-order valence-electron chi connectivity index (χ4n) is 4.46. The summed E-state index contributed by atoms with van der Waals surface area (Å²) in [6, 6.07) is 4.80. The van der Waals surface area contributed by atoms with Crippen molar-refractivity contribution >= 4 is 11.8 Å². The van der Waals surface area contributed by atoms with E-state index < -0.39 is 0 Å². The molecule has 2 aliphatic carbocycles. The molecule has 1 heterocycles. The van der Waals surface area contributed by atoms with Crippen LogP contribution in [0.25, 0.3) is 11.4 Å². The Morgan fingerprint density at radius 3 is 1.93 bits per heavy atom. The number of benzene rings is 1. The van der Waals surface area contributed by atoms with Gasteiger partial charge in [0.05, 0.1) is 0 Å². The topological polar surface area (TPSA) is 50.9 Å². The fourth-order valence-corrected chi connectivity index (χ4v) is 5.76. The standard InChI is InChI=1S/C25H37N3OS/c1-24(2,3)19-14-16(15-20(21(19)29)25(4,5)6)22-26-27-23(28(22)17-12-13-17)30-18-10-8-7-9-11-18/h14-15,17-18,29H,7-13H2,1-6H3. The Morgan fingerprint density at radius 2 is 1.43 bits per heavy atom. The molecule has 2 fully saturated rings. The molecule has 4 nitrogen and oxygen atoms in total. The lowest BCUT2D eigenvalue weighted by Gasteiger charge is -2.28. The van der Waals surface area contributed by atoms with Crippen molar-refractivity contribution < 1.29 is 5.11 Å². The molecule has 0 bridgehead atoms. The molecule has 0 saturated heterocycles. The van der Waals surface area contributed by atoms with Gasteiger partial charge in [-0.2, -0.15) is 0 Å². The Balaban J connectivity index is 1.80. The van der Waals surface area contributed by atoms with Crippen molar-refractivity contribution in [2.24, 2.45) is 0 Å². The van der Waals surface area contributed by atoms with Crippen molar-refractivity contribution in [3.05, 3.63) is 23.3 Å². The van der Waals surface area contributed by atoms with Gasteiger partial charge in [-0.3, -0.25) is 4.57 Å². The number of aromatic hydroxyl groups is 1. The van der Waals surface area contributed by atoms with Gasteiger partial charge >= 0.3 is 0 Å². The molecule has 0 aliphatic heterocycles. The predicted molar refractivity (Wildman–Crippen MR) is 126 cm³/mol. The van der Waals surface area contributed by atoms with E-state index in [1.54, 1.807) is 0 Å². The summed E-state index contributed by atoms with van der Waals surface area (Å²) in [5, 5.41) is 22.2. The van der Waals surface area contributed by atoms with E-state index in [9.17, 15) is 5.11 Å². The fraction of sp³-hybridized carbons (Fsp3) is 0.680. The highest BCUT2D eigenvalue weighted by Gasteiger charge is 2.33. The van der Waals surface area contributed by atoms with Crippen LogP contribution in [0.1, 0.15) is 104 Å². The molecule has 0 atom stereocenters. The molecule has 0 amide bonds. The normalized spacial score (nSPS) is 18.7. The first kappa shape index (κ1) is 21.7. The van der Waals surface area contributed by atoms with Gasteiger partial charge in [-0.05, 0) is 48.6 Å². The second-order valence-corrected chi connectivity index (χ2v) is 12.5. The molecule has 0 spiro atoms. The maximum Gasteiger partial charge on any atom is 0.192 e. The highest BCUT2D eigenvalue weighted by molar-refractivity contribution is 7.99. The molecule has 1 N–H and O–H groups in total. The van der Waals surface area contributed by atoms with Gasteiger partial charge in [-0.25, -0.2) is 0 Å². The Kier molecular flexibility index (Phi) is 5.71. The zero-order valence-corrected chi connectivity index (χ0v) is 20.3. The minimum atomic E-state index is -0.149. The summed E-state index contributed by atoms with van der Waals surface area (Å²) in [5.74, 6) is 1.39. The molecule has 2 saturated carbocycles. The molecule has 2 aromatic rings. The van der Waals surface area contributed by atoms with Gasteiger partial charge in [-0.1, -0.05) is 72.6 Å². The van der Waals surface area contributed by atoms with Crippen LogP contribution < -0.4 is 0 Å². The number of hydrogen-bond donors (Lipinski definition) is 1. The SMILES string of the molecule is CC(C)(C)c1cc(-c2nnc(SC3CCCCC3)n2C2CC2)cc(C(C)(C)C)c1O.